The summed E-state index contributed by atoms with van der Waals surface area (Å²) in [5.74, 6) is 0.625. The standard InChI is InChI=1S/C15H22ClN3O/c1-15(2,3)11-5-4-9-19(10-8-11)14(20)12-6-7-13(16)18-17-12/h6-7,11H,4-5,8-10H2,1-3H3. The third-order valence-corrected chi connectivity index (χ3v) is 4.29. The van der Waals surface area contributed by atoms with E-state index in [9.17, 15) is 4.79 Å². The van der Waals surface area contributed by atoms with E-state index in [-0.39, 0.29) is 5.91 Å². The summed E-state index contributed by atoms with van der Waals surface area (Å²) in [6, 6.07) is 3.25. The van der Waals surface area contributed by atoms with Crippen molar-refractivity contribution in [2.75, 3.05) is 13.1 Å². The topological polar surface area (TPSA) is 46.1 Å². The number of aromatic nitrogens is 2. The molecule has 2 heterocycles. The van der Waals surface area contributed by atoms with Crippen molar-refractivity contribution < 1.29 is 4.79 Å². The van der Waals surface area contributed by atoms with Gasteiger partial charge in [0.1, 0.15) is 0 Å². The van der Waals surface area contributed by atoms with Crippen molar-refractivity contribution in [3.63, 3.8) is 0 Å². The SMILES string of the molecule is CC(C)(C)C1CCCN(C(=O)c2ccc(Cl)nn2)CC1. The first kappa shape index (κ1) is 15.2. The summed E-state index contributed by atoms with van der Waals surface area (Å²) >= 11 is 5.70. The molecule has 1 aromatic heterocycles. The van der Waals surface area contributed by atoms with Crippen LogP contribution in [0.4, 0.5) is 0 Å². The van der Waals surface area contributed by atoms with Crippen LogP contribution in [-0.4, -0.2) is 34.1 Å². The summed E-state index contributed by atoms with van der Waals surface area (Å²) < 4.78 is 0. The highest BCUT2D eigenvalue weighted by Gasteiger charge is 2.29. The predicted molar refractivity (Wildman–Crippen MR) is 79.7 cm³/mol. The fraction of sp³-hybridized carbons (Fsp3) is 0.667. The van der Waals surface area contributed by atoms with E-state index in [0.29, 0.717) is 22.2 Å². The molecule has 110 valence electrons. The second-order valence-electron chi connectivity index (χ2n) is 6.53. The highest BCUT2D eigenvalue weighted by molar-refractivity contribution is 6.29. The molecule has 0 aromatic carbocycles. The number of carbonyl (C=O) groups excluding carboxylic acids is 1. The van der Waals surface area contributed by atoms with Crippen LogP contribution < -0.4 is 0 Å². The van der Waals surface area contributed by atoms with E-state index in [1.165, 1.54) is 6.42 Å². The van der Waals surface area contributed by atoms with E-state index in [1.54, 1.807) is 12.1 Å². The van der Waals surface area contributed by atoms with Crippen LogP contribution in [0.3, 0.4) is 0 Å². The number of nitrogens with zero attached hydrogens (tertiary/aromatic N) is 3. The summed E-state index contributed by atoms with van der Waals surface area (Å²) in [7, 11) is 0. The maximum Gasteiger partial charge on any atom is 0.274 e. The minimum Gasteiger partial charge on any atom is -0.337 e. The maximum absolute atomic E-state index is 12.4. The van der Waals surface area contributed by atoms with Crippen LogP contribution in [0.1, 0.15) is 50.5 Å². The fourth-order valence-corrected chi connectivity index (χ4v) is 2.86. The highest BCUT2D eigenvalue weighted by atomic mass is 35.5. The van der Waals surface area contributed by atoms with Crippen LogP contribution in [0.2, 0.25) is 5.15 Å². The molecular formula is C15H22ClN3O. The molecule has 1 aliphatic rings. The minimum absolute atomic E-state index is 0.0382. The highest BCUT2D eigenvalue weighted by Crippen LogP contribution is 2.34. The molecule has 0 bridgehead atoms. The molecule has 20 heavy (non-hydrogen) atoms. The Morgan fingerprint density at radius 3 is 2.60 bits per heavy atom. The molecule has 5 heteroatoms. The monoisotopic (exact) mass is 295 g/mol. The van der Waals surface area contributed by atoms with E-state index in [2.05, 4.69) is 31.0 Å². The van der Waals surface area contributed by atoms with Crippen molar-refractivity contribution in [1.82, 2.24) is 15.1 Å². The second kappa shape index (κ2) is 6.08. The van der Waals surface area contributed by atoms with Crippen molar-refractivity contribution in [1.29, 1.82) is 0 Å². The summed E-state index contributed by atoms with van der Waals surface area (Å²) in [5, 5.41) is 7.93. The van der Waals surface area contributed by atoms with Crippen LogP contribution in [0, 0.1) is 11.3 Å². The van der Waals surface area contributed by atoms with Gasteiger partial charge in [0.05, 0.1) is 0 Å². The maximum atomic E-state index is 12.4. The molecule has 1 aromatic rings. The lowest BCUT2D eigenvalue weighted by molar-refractivity contribution is 0.0748. The lowest BCUT2D eigenvalue weighted by Gasteiger charge is -2.29. The molecular weight excluding hydrogens is 274 g/mol. The van der Waals surface area contributed by atoms with Crippen LogP contribution in [0.25, 0.3) is 0 Å². The summed E-state index contributed by atoms with van der Waals surface area (Å²) in [4.78, 5) is 14.3. The molecule has 2 rings (SSSR count). The van der Waals surface area contributed by atoms with Gasteiger partial charge < -0.3 is 4.90 Å². The molecule has 1 saturated heterocycles. The summed E-state index contributed by atoms with van der Waals surface area (Å²) in [6.45, 7) is 8.43. The fourth-order valence-electron chi connectivity index (χ4n) is 2.76. The smallest absolute Gasteiger partial charge is 0.274 e. The Bertz CT molecular complexity index is 467. The lowest BCUT2D eigenvalue weighted by Crippen LogP contribution is -2.33. The zero-order chi connectivity index (χ0) is 14.8. The Balaban J connectivity index is 2.03. The van der Waals surface area contributed by atoms with Gasteiger partial charge in [-0.1, -0.05) is 32.4 Å². The van der Waals surface area contributed by atoms with Crippen molar-refractivity contribution >= 4 is 17.5 Å². The van der Waals surface area contributed by atoms with Crippen LogP contribution in [0.15, 0.2) is 12.1 Å². The van der Waals surface area contributed by atoms with Gasteiger partial charge in [0, 0.05) is 13.1 Å². The second-order valence-corrected chi connectivity index (χ2v) is 6.91. The van der Waals surface area contributed by atoms with Gasteiger partial charge in [-0.05, 0) is 42.7 Å². The zero-order valence-corrected chi connectivity index (χ0v) is 13.2. The van der Waals surface area contributed by atoms with Gasteiger partial charge in [0.15, 0.2) is 10.8 Å². The lowest BCUT2D eigenvalue weighted by atomic mass is 9.77. The summed E-state index contributed by atoms with van der Waals surface area (Å²) in [5.41, 5.74) is 0.683. The Labute approximate surface area is 125 Å². The molecule has 0 radical (unpaired) electrons. The molecule has 1 fully saturated rings. The zero-order valence-electron chi connectivity index (χ0n) is 12.4. The van der Waals surface area contributed by atoms with Gasteiger partial charge in [-0.3, -0.25) is 4.79 Å². The average Bonchev–Trinajstić information content (AvgIpc) is 2.64. The third-order valence-electron chi connectivity index (χ3n) is 4.09. The molecule has 0 N–H and O–H groups in total. The number of hydrogen-bond donors (Lipinski definition) is 0. The molecule has 4 nitrogen and oxygen atoms in total. The van der Waals surface area contributed by atoms with Gasteiger partial charge in [0.2, 0.25) is 0 Å². The Kier molecular flexibility index (Phi) is 4.63. The third kappa shape index (κ3) is 3.69. The summed E-state index contributed by atoms with van der Waals surface area (Å²) in [6.07, 6.45) is 3.28. The Morgan fingerprint density at radius 1 is 1.25 bits per heavy atom. The average molecular weight is 296 g/mol. The molecule has 0 spiro atoms. The molecule has 0 saturated carbocycles. The predicted octanol–water partition coefficient (Wildman–Crippen LogP) is 3.42. The Morgan fingerprint density at radius 2 is 2.00 bits per heavy atom. The van der Waals surface area contributed by atoms with Gasteiger partial charge in [-0.15, -0.1) is 10.2 Å². The first-order valence-corrected chi connectivity index (χ1v) is 7.54. The minimum atomic E-state index is -0.0382. The number of hydrogen-bond acceptors (Lipinski definition) is 3. The van der Waals surface area contributed by atoms with E-state index in [4.69, 9.17) is 11.6 Å². The quantitative estimate of drug-likeness (QED) is 0.797. The molecule has 0 aliphatic carbocycles. The molecule has 1 aliphatic heterocycles. The van der Waals surface area contributed by atoms with Crippen LogP contribution in [-0.2, 0) is 0 Å². The number of halogens is 1. The van der Waals surface area contributed by atoms with E-state index < -0.39 is 0 Å². The van der Waals surface area contributed by atoms with Crippen molar-refractivity contribution in [2.24, 2.45) is 11.3 Å². The molecule has 1 unspecified atom stereocenters. The number of amides is 1. The van der Waals surface area contributed by atoms with E-state index >= 15 is 0 Å². The first-order chi connectivity index (χ1) is 9.38. The van der Waals surface area contributed by atoms with Gasteiger partial charge in [-0.2, -0.15) is 0 Å². The Hall–Kier alpha value is -1.16. The normalized spacial score (nSPS) is 20.6. The van der Waals surface area contributed by atoms with E-state index in [0.717, 1.165) is 25.9 Å². The largest absolute Gasteiger partial charge is 0.337 e. The number of carbonyl (C=O) groups is 1. The number of likely N-dealkylation sites (tertiary alicyclic amines) is 1. The van der Waals surface area contributed by atoms with Crippen molar-refractivity contribution in [3.05, 3.63) is 23.0 Å². The van der Waals surface area contributed by atoms with E-state index in [1.807, 2.05) is 4.90 Å². The molecule has 1 atom stereocenters. The first-order valence-electron chi connectivity index (χ1n) is 7.16. The molecule has 1 amide bonds. The van der Waals surface area contributed by atoms with Crippen LogP contribution >= 0.6 is 11.6 Å². The van der Waals surface area contributed by atoms with Crippen LogP contribution in [0.5, 0.6) is 0 Å². The number of rotatable bonds is 1. The van der Waals surface area contributed by atoms with Gasteiger partial charge in [0.25, 0.3) is 5.91 Å². The van der Waals surface area contributed by atoms with Crippen molar-refractivity contribution in [3.8, 4) is 0 Å². The van der Waals surface area contributed by atoms with Gasteiger partial charge >= 0.3 is 0 Å². The van der Waals surface area contributed by atoms with Gasteiger partial charge in [-0.25, -0.2) is 0 Å². The van der Waals surface area contributed by atoms with Crippen molar-refractivity contribution in [2.45, 2.75) is 40.0 Å².